The molecule has 266 valence electrons. The largest absolute Gasteiger partial charge is 0.341 e. The first-order chi connectivity index (χ1) is 27.7. The topological polar surface area (TPSA) is 13.0 Å². The van der Waals surface area contributed by atoms with E-state index in [9.17, 15) is 0 Å². The average Bonchev–Trinajstić information content (AvgIpc) is 3.26. The van der Waals surface area contributed by atoms with Crippen molar-refractivity contribution in [3.63, 3.8) is 0 Å². The maximum atomic E-state index is 2.48. The van der Waals surface area contributed by atoms with E-state index in [0.717, 1.165) is 34.1 Å². The van der Waals surface area contributed by atoms with Gasteiger partial charge in [-0.25, -0.2) is 0 Å². The number of nitrogens with zero attached hydrogens (tertiary/aromatic N) is 4. The highest BCUT2D eigenvalue weighted by molar-refractivity contribution is 6.28. The summed E-state index contributed by atoms with van der Waals surface area (Å²) in [5.41, 5.74) is 16.4. The van der Waals surface area contributed by atoms with Crippen LogP contribution in [-0.4, -0.2) is 14.1 Å². The van der Waals surface area contributed by atoms with Gasteiger partial charge < -0.3 is 19.6 Å². The van der Waals surface area contributed by atoms with Crippen LogP contribution in [0.15, 0.2) is 194 Å². The minimum Gasteiger partial charge on any atom is -0.341 e. The number of fused-ring (bicyclic) bond motifs is 6. The highest BCUT2D eigenvalue weighted by Gasteiger charge is 2.33. The maximum Gasteiger partial charge on any atom is 0.0699 e. The molecule has 0 radical (unpaired) electrons. The molecule has 11 rings (SSSR count). The Morgan fingerprint density at radius 2 is 0.518 bits per heavy atom. The molecule has 4 nitrogen and oxygen atoms in total. The summed E-state index contributed by atoms with van der Waals surface area (Å²) in [7, 11) is 4.34. The van der Waals surface area contributed by atoms with Crippen LogP contribution in [0.4, 0.5) is 56.9 Å². The monoisotopic (exact) mass is 718 g/mol. The van der Waals surface area contributed by atoms with Crippen molar-refractivity contribution in [3.05, 3.63) is 194 Å². The van der Waals surface area contributed by atoms with Gasteiger partial charge in [0.1, 0.15) is 0 Å². The Morgan fingerprint density at radius 1 is 0.250 bits per heavy atom. The van der Waals surface area contributed by atoms with E-state index in [1.165, 1.54) is 66.5 Å². The Morgan fingerprint density at radius 3 is 0.839 bits per heavy atom. The average molecular weight is 719 g/mol. The Labute approximate surface area is 327 Å². The van der Waals surface area contributed by atoms with Crippen molar-refractivity contribution in [2.75, 3.05) is 33.7 Å². The molecule has 0 saturated carbocycles. The van der Waals surface area contributed by atoms with Gasteiger partial charge in [-0.15, -0.1) is 0 Å². The molecule has 4 heteroatoms. The summed E-state index contributed by atoms with van der Waals surface area (Å²) in [6.07, 6.45) is 0. The molecule has 0 N–H and O–H groups in total. The van der Waals surface area contributed by atoms with Gasteiger partial charge in [-0.05, 0) is 93.7 Å². The Balaban J connectivity index is 1.33. The smallest absolute Gasteiger partial charge is 0.0699 e. The van der Waals surface area contributed by atoms with E-state index >= 15 is 0 Å². The lowest BCUT2D eigenvalue weighted by Gasteiger charge is -2.40. The molecule has 56 heavy (non-hydrogen) atoms. The SMILES string of the molecule is CN1c2ccccc2N(c2cccc3c(-c4ccccc4)c4c(N5c6ccccc6N(C)c6ccccc65)cccc4c(-c4ccccc4)c23)c2ccccc21. The highest BCUT2D eigenvalue weighted by Crippen LogP contribution is 2.58. The van der Waals surface area contributed by atoms with Gasteiger partial charge >= 0.3 is 0 Å². The molecular formula is C52H38N4. The lowest BCUT2D eigenvalue weighted by atomic mass is 9.84. The number of rotatable bonds is 4. The third kappa shape index (κ3) is 4.66. The molecule has 0 aliphatic carbocycles. The van der Waals surface area contributed by atoms with Gasteiger partial charge in [0.15, 0.2) is 0 Å². The van der Waals surface area contributed by atoms with Crippen LogP contribution in [-0.2, 0) is 0 Å². The van der Waals surface area contributed by atoms with E-state index in [-0.39, 0.29) is 0 Å². The lowest BCUT2D eigenvalue weighted by Crippen LogP contribution is -2.24. The fourth-order valence-electron chi connectivity index (χ4n) is 9.26. The minimum atomic E-state index is 1.15. The molecule has 9 aromatic rings. The van der Waals surface area contributed by atoms with E-state index in [4.69, 9.17) is 0 Å². The van der Waals surface area contributed by atoms with Crippen LogP contribution >= 0.6 is 0 Å². The normalized spacial score (nSPS) is 13.0. The molecule has 0 amide bonds. The summed E-state index contributed by atoms with van der Waals surface area (Å²) in [6, 6.07) is 70.8. The molecule has 0 atom stereocenters. The molecule has 2 aliphatic heterocycles. The van der Waals surface area contributed by atoms with Crippen molar-refractivity contribution in [1.82, 2.24) is 0 Å². The van der Waals surface area contributed by atoms with Gasteiger partial charge in [0.05, 0.1) is 56.9 Å². The Hall–Kier alpha value is -7.30. The van der Waals surface area contributed by atoms with Crippen molar-refractivity contribution >= 4 is 78.4 Å². The van der Waals surface area contributed by atoms with E-state index in [0.29, 0.717) is 0 Å². The molecule has 0 bridgehead atoms. The van der Waals surface area contributed by atoms with Crippen LogP contribution in [0.25, 0.3) is 43.8 Å². The molecule has 2 aliphatic rings. The second-order valence-corrected chi connectivity index (χ2v) is 14.6. The van der Waals surface area contributed by atoms with Crippen molar-refractivity contribution in [2.24, 2.45) is 0 Å². The zero-order valence-corrected chi connectivity index (χ0v) is 31.3. The Bertz CT molecular complexity index is 2670. The maximum absolute atomic E-state index is 2.48. The summed E-state index contributed by atoms with van der Waals surface area (Å²) in [6.45, 7) is 0. The van der Waals surface area contributed by atoms with E-state index in [1.807, 2.05) is 0 Å². The van der Waals surface area contributed by atoms with Gasteiger partial charge in [-0.2, -0.15) is 0 Å². The van der Waals surface area contributed by atoms with Crippen molar-refractivity contribution < 1.29 is 0 Å². The van der Waals surface area contributed by atoms with Crippen molar-refractivity contribution in [3.8, 4) is 22.3 Å². The summed E-state index contributed by atoms with van der Waals surface area (Å²) in [4.78, 5) is 9.59. The van der Waals surface area contributed by atoms with Gasteiger partial charge in [0.2, 0.25) is 0 Å². The molecule has 0 fully saturated rings. The first kappa shape index (κ1) is 32.2. The first-order valence-electron chi connectivity index (χ1n) is 19.2. The number of hydrogen-bond donors (Lipinski definition) is 0. The van der Waals surface area contributed by atoms with E-state index < -0.39 is 0 Å². The quantitative estimate of drug-likeness (QED) is 0.168. The molecule has 0 aromatic heterocycles. The van der Waals surface area contributed by atoms with Gasteiger partial charge in [0, 0.05) is 24.9 Å². The second kappa shape index (κ2) is 12.6. The van der Waals surface area contributed by atoms with Gasteiger partial charge in [0.25, 0.3) is 0 Å². The van der Waals surface area contributed by atoms with Crippen LogP contribution in [0.2, 0.25) is 0 Å². The third-order valence-corrected chi connectivity index (χ3v) is 11.7. The molecule has 0 unspecified atom stereocenters. The lowest BCUT2D eigenvalue weighted by molar-refractivity contribution is 1.13. The summed E-state index contributed by atoms with van der Waals surface area (Å²) in [5, 5.41) is 4.85. The number of para-hydroxylation sites is 8. The minimum absolute atomic E-state index is 1.15. The molecule has 0 saturated heterocycles. The predicted octanol–water partition coefficient (Wildman–Crippen LogP) is 14.4. The summed E-state index contributed by atoms with van der Waals surface area (Å²) >= 11 is 0. The van der Waals surface area contributed by atoms with E-state index in [1.54, 1.807) is 0 Å². The van der Waals surface area contributed by atoms with Crippen LogP contribution in [0.1, 0.15) is 0 Å². The molecule has 0 spiro atoms. The van der Waals surface area contributed by atoms with E-state index in [2.05, 4.69) is 228 Å². The summed E-state index contributed by atoms with van der Waals surface area (Å²) < 4.78 is 0. The fourth-order valence-corrected chi connectivity index (χ4v) is 9.26. The zero-order chi connectivity index (χ0) is 37.3. The predicted molar refractivity (Wildman–Crippen MR) is 238 cm³/mol. The first-order valence-corrected chi connectivity index (χ1v) is 19.2. The van der Waals surface area contributed by atoms with Gasteiger partial charge in [-0.3, -0.25) is 0 Å². The molecule has 9 aromatic carbocycles. The van der Waals surface area contributed by atoms with Crippen LogP contribution < -0.4 is 19.6 Å². The highest BCUT2D eigenvalue weighted by atomic mass is 15.3. The van der Waals surface area contributed by atoms with Crippen LogP contribution in [0.3, 0.4) is 0 Å². The van der Waals surface area contributed by atoms with Crippen LogP contribution in [0.5, 0.6) is 0 Å². The Kier molecular flexibility index (Phi) is 7.26. The van der Waals surface area contributed by atoms with Crippen molar-refractivity contribution in [2.45, 2.75) is 0 Å². The zero-order valence-electron chi connectivity index (χ0n) is 31.3. The number of benzene rings is 9. The van der Waals surface area contributed by atoms with Crippen molar-refractivity contribution in [1.29, 1.82) is 0 Å². The van der Waals surface area contributed by atoms with Crippen LogP contribution in [0, 0.1) is 0 Å². The van der Waals surface area contributed by atoms with Gasteiger partial charge in [-0.1, -0.05) is 133 Å². The fraction of sp³-hybridized carbons (Fsp3) is 0.0385. The third-order valence-electron chi connectivity index (χ3n) is 11.7. The number of hydrogen-bond acceptors (Lipinski definition) is 4. The standard InChI is InChI=1S/C52H38N4/c1-53-39-25-9-13-29-43(39)55(44-30-14-10-26-40(44)53)47-33-17-23-37-50(36-21-7-4-8-22-36)52-38(49(51(37)47)35-19-5-3-6-20-35)24-18-34-48(52)56-45-31-15-11-27-41(45)54(2)42-28-12-16-32-46(42)56/h3-34H,1-2H3. The second-order valence-electron chi connectivity index (χ2n) is 14.6. The molecule has 2 heterocycles. The summed E-state index contributed by atoms with van der Waals surface area (Å²) in [5.74, 6) is 0. The molecular weight excluding hydrogens is 681 g/mol. The number of anilines is 10.